The first-order valence-electron chi connectivity index (χ1n) is 6.71. The van der Waals surface area contributed by atoms with Crippen LogP contribution in [0.15, 0.2) is 18.3 Å². The van der Waals surface area contributed by atoms with Gasteiger partial charge in [-0.15, -0.1) is 0 Å². The normalized spacial score (nSPS) is 19.9. The van der Waals surface area contributed by atoms with Gasteiger partial charge in [-0.3, -0.25) is 9.69 Å². The lowest BCUT2D eigenvalue weighted by molar-refractivity contribution is 0.0541. The number of nitrogens with zero attached hydrogens (tertiary/aromatic N) is 3. The number of hydrogen-bond acceptors (Lipinski definition) is 4. The second-order valence-electron chi connectivity index (χ2n) is 5.03. The van der Waals surface area contributed by atoms with Gasteiger partial charge < -0.3 is 10.0 Å². The van der Waals surface area contributed by atoms with Crippen LogP contribution in [-0.4, -0.2) is 64.5 Å². The van der Waals surface area contributed by atoms with Crippen LogP contribution in [0.3, 0.4) is 0 Å². The van der Waals surface area contributed by atoms with E-state index in [-0.39, 0.29) is 11.6 Å². The number of rotatable bonds is 3. The Morgan fingerprint density at radius 1 is 1.45 bits per heavy atom. The van der Waals surface area contributed by atoms with Crippen LogP contribution < -0.4 is 0 Å². The summed E-state index contributed by atoms with van der Waals surface area (Å²) in [5.74, 6) is -1.24. The second kappa shape index (κ2) is 6.00. The predicted octanol–water partition coefficient (Wildman–Crippen LogP) is 0.946. The topological polar surface area (TPSA) is 73.7 Å². The number of likely N-dealkylation sites (N-methyl/N-ethyl adjacent to an activating group) is 1. The Morgan fingerprint density at radius 2 is 2.20 bits per heavy atom. The maximum Gasteiger partial charge on any atom is 0.354 e. The molecule has 0 aromatic carbocycles. The Kier molecular flexibility index (Phi) is 4.34. The molecule has 1 atom stereocenters. The SMILES string of the molecule is CCC1CN(C(=O)c2ccnc(C(=O)O)c2)CCN1C. The quantitative estimate of drug-likeness (QED) is 0.890. The van der Waals surface area contributed by atoms with Crippen LogP contribution in [0, 0.1) is 0 Å². The third-order valence-electron chi connectivity index (χ3n) is 3.76. The summed E-state index contributed by atoms with van der Waals surface area (Å²) in [5.41, 5.74) is 0.286. The third kappa shape index (κ3) is 2.96. The van der Waals surface area contributed by atoms with Gasteiger partial charge in [-0.25, -0.2) is 9.78 Å². The summed E-state index contributed by atoms with van der Waals surface area (Å²) in [5, 5.41) is 8.92. The maximum atomic E-state index is 12.4. The van der Waals surface area contributed by atoms with E-state index in [1.165, 1.54) is 12.3 Å². The van der Waals surface area contributed by atoms with Gasteiger partial charge in [-0.1, -0.05) is 6.92 Å². The molecule has 2 rings (SSSR count). The molecule has 0 bridgehead atoms. The summed E-state index contributed by atoms with van der Waals surface area (Å²) >= 11 is 0. The fourth-order valence-corrected chi connectivity index (χ4v) is 2.43. The van der Waals surface area contributed by atoms with Crippen molar-refractivity contribution in [2.24, 2.45) is 0 Å². The molecule has 6 heteroatoms. The van der Waals surface area contributed by atoms with E-state index in [2.05, 4.69) is 23.9 Å². The lowest BCUT2D eigenvalue weighted by atomic mass is 10.1. The molecule has 6 nitrogen and oxygen atoms in total. The average molecular weight is 277 g/mol. The van der Waals surface area contributed by atoms with Gasteiger partial charge in [0.05, 0.1) is 0 Å². The highest BCUT2D eigenvalue weighted by Gasteiger charge is 2.27. The first kappa shape index (κ1) is 14.5. The summed E-state index contributed by atoms with van der Waals surface area (Å²) in [6, 6.07) is 3.26. The summed E-state index contributed by atoms with van der Waals surface area (Å²) in [4.78, 5) is 31.1. The van der Waals surface area contributed by atoms with Gasteiger partial charge in [0.1, 0.15) is 5.69 Å². The van der Waals surface area contributed by atoms with E-state index >= 15 is 0 Å². The first-order valence-corrected chi connectivity index (χ1v) is 6.71. The molecule has 1 saturated heterocycles. The Hall–Kier alpha value is -1.95. The molecule has 1 aliphatic rings. The van der Waals surface area contributed by atoms with E-state index < -0.39 is 5.97 Å². The number of carbonyl (C=O) groups excluding carboxylic acids is 1. The van der Waals surface area contributed by atoms with Crippen LogP contribution in [0.2, 0.25) is 0 Å². The van der Waals surface area contributed by atoms with E-state index in [1.54, 1.807) is 11.0 Å². The van der Waals surface area contributed by atoms with Gasteiger partial charge in [0.15, 0.2) is 0 Å². The fourth-order valence-electron chi connectivity index (χ4n) is 2.43. The third-order valence-corrected chi connectivity index (χ3v) is 3.76. The lowest BCUT2D eigenvalue weighted by Gasteiger charge is -2.39. The van der Waals surface area contributed by atoms with Crippen LogP contribution >= 0.6 is 0 Å². The fraction of sp³-hybridized carbons (Fsp3) is 0.500. The van der Waals surface area contributed by atoms with Crippen molar-refractivity contribution in [2.45, 2.75) is 19.4 Å². The largest absolute Gasteiger partial charge is 0.477 e. The highest BCUT2D eigenvalue weighted by molar-refractivity contribution is 5.96. The molecule has 0 aliphatic carbocycles. The lowest BCUT2D eigenvalue weighted by Crippen LogP contribution is -2.53. The van der Waals surface area contributed by atoms with Gasteiger partial charge in [-0.2, -0.15) is 0 Å². The first-order chi connectivity index (χ1) is 9.52. The van der Waals surface area contributed by atoms with Crippen molar-refractivity contribution < 1.29 is 14.7 Å². The van der Waals surface area contributed by atoms with Gasteiger partial charge in [0.25, 0.3) is 5.91 Å². The maximum absolute atomic E-state index is 12.4. The highest BCUT2D eigenvalue weighted by atomic mass is 16.4. The Labute approximate surface area is 118 Å². The summed E-state index contributed by atoms with van der Waals surface area (Å²) in [6.45, 7) is 4.28. The summed E-state index contributed by atoms with van der Waals surface area (Å²) in [7, 11) is 2.06. The van der Waals surface area contributed by atoms with E-state index in [0.29, 0.717) is 24.7 Å². The number of carboxylic acids is 1. The molecule has 0 spiro atoms. The number of carboxylic acid groups (broad SMARTS) is 1. The number of piperazine rings is 1. The molecular formula is C14H19N3O3. The van der Waals surface area contributed by atoms with Crippen molar-refractivity contribution in [3.63, 3.8) is 0 Å². The molecule has 1 aromatic heterocycles. The molecule has 108 valence electrons. The minimum atomic E-state index is -1.12. The molecule has 0 radical (unpaired) electrons. The average Bonchev–Trinajstić information content (AvgIpc) is 2.47. The monoisotopic (exact) mass is 277 g/mol. The van der Waals surface area contributed by atoms with Gasteiger partial charge in [-0.05, 0) is 25.6 Å². The molecule has 2 heterocycles. The van der Waals surface area contributed by atoms with Crippen LogP contribution in [0.1, 0.15) is 34.2 Å². The zero-order chi connectivity index (χ0) is 14.7. The molecule has 1 unspecified atom stereocenters. The molecule has 1 aliphatic heterocycles. The van der Waals surface area contributed by atoms with Crippen molar-refractivity contribution in [3.8, 4) is 0 Å². The van der Waals surface area contributed by atoms with Crippen molar-refractivity contribution in [1.29, 1.82) is 0 Å². The summed E-state index contributed by atoms with van der Waals surface area (Å²) in [6.07, 6.45) is 2.35. The second-order valence-corrected chi connectivity index (χ2v) is 5.03. The standard InChI is InChI=1S/C14H19N3O3/c1-3-11-9-17(7-6-16(11)2)13(18)10-4-5-15-12(8-10)14(19)20/h4-5,8,11H,3,6-7,9H2,1-2H3,(H,19,20). The van der Waals surface area contributed by atoms with Gasteiger partial charge in [0.2, 0.25) is 0 Å². The number of amides is 1. The van der Waals surface area contributed by atoms with Crippen LogP contribution in [-0.2, 0) is 0 Å². The van der Waals surface area contributed by atoms with Crippen LogP contribution in [0.4, 0.5) is 0 Å². The highest BCUT2D eigenvalue weighted by Crippen LogP contribution is 2.14. The minimum Gasteiger partial charge on any atom is -0.477 e. The number of aromatic carboxylic acids is 1. The van der Waals surface area contributed by atoms with E-state index in [1.807, 2.05) is 0 Å². The molecule has 1 fully saturated rings. The van der Waals surface area contributed by atoms with Crippen LogP contribution in [0.25, 0.3) is 0 Å². The zero-order valence-corrected chi connectivity index (χ0v) is 11.7. The predicted molar refractivity (Wildman–Crippen MR) is 73.8 cm³/mol. The molecule has 1 N–H and O–H groups in total. The van der Waals surface area contributed by atoms with Crippen LogP contribution in [0.5, 0.6) is 0 Å². The Morgan fingerprint density at radius 3 is 2.85 bits per heavy atom. The van der Waals surface area contributed by atoms with Gasteiger partial charge in [0, 0.05) is 37.4 Å². The Bertz CT molecular complexity index is 518. The molecule has 1 amide bonds. The smallest absolute Gasteiger partial charge is 0.354 e. The van der Waals surface area contributed by atoms with E-state index in [4.69, 9.17) is 5.11 Å². The number of aromatic nitrogens is 1. The van der Waals surface area contributed by atoms with E-state index in [0.717, 1.165) is 13.0 Å². The Balaban J connectivity index is 2.15. The van der Waals surface area contributed by atoms with Crippen molar-refractivity contribution in [1.82, 2.24) is 14.8 Å². The molecule has 20 heavy (non-hydrogen) atoms. The number of pyridine rings is 1. The minimum absolute atomic E-state index is 0.1000. The zero-order valence-electron chi connectivity index (χ0n) is 11.7. The molecule has 1 aromatic rings. The molecular weight excluding hydrogens is 258 g/mol. The number of hydrogen-bond donors (Lipinski definition) is 1. The van der Waals surface area contributed by atoms with Crippen molar-refractivity contribution in [3.05, 3.63) is 29.6 Å². The van der Waals surface area contributed by atoms with E-state index in [9.17, 15) is 9.59 Å². The van der Waals surface area contributed by atoms with Crippen molar-refractivity contribution in [2.75, 3.05) is 26.7 Å². The summed E-state index contributed by atoms with van der Waals surface area (Å²) < 4.78 is 0. The molecule has 0 saturated carbocycles. The van der Waals surface area contributed by atoms with Gasteiger partial charge >= 0.3 is 5.97 Å². The van der Waals surface area contributed by atoms with Crippen molar-refractivity contribution >= 4 is 11.9 Å². The number of carbonyl (C=O) groups is 2.